The number of aryl methyl sites for hydroxylation is 2. The zero-order valence-electron chi connectivity index (χ0n) is 14.3. The maximum absolute atomic E-state index is 4.64. The second-order valence-corrected chi connectivity index (χ2v) is 6.09. The lowest BCUT2D eigenvalue weighted by atomic mass is 10.0. The molecule has 0 spiro atoms. The molecule has 1 N–H and O–H groups in total. The Kier molecular flexibility index (Phi) is 3.90. The summed E-state index contributed by atoms with van der Waals surface area (Å²) in [6.07, 6.45) is 3.46. The van der Waals surface area contributed by atoms with Crippen molar-refractivity contribution in [2.24, 2.45) is 0 Å². The van der Waals surface area contributed by atoms with Gasteiger partial charge in [-0.2, -0.15) is 5.10 Å². The molecule has 25 heavy (non-hydrogen) atoms. The lowest BCUT2D eigenvalue weighted by Crippen LogP contribution is -2.07. The number of nitrogens with zero attached hydrogens (tertiary/aromatic N) is 4. The summed E-state index contributed by atoms with van der Waals surface area (Å²) in [5.41, 5.74) is 3.24. The molecule has 0 atom stereocenters. The number of anilines is 1. The van der Waals surface area contributed by atoms with Gasteiger partial charge in [0.05, 0.1) is 18.1 Å². The molecule has 0 radical (unpaired) electrons. The van der Waals surface area contributed by atoms with E-state index >= 15 is 0 Å². The van der Waals surface area contributed by atoms with Crippen LogP contribution in [0.1, 0.15) is 17.0 Å². The fraction of sp³-hybridized carbons (Fsp3) is 0.150. The van der Waals surface area contributed by atoms with E-state index in [4.69, 9.17) is 0 Å². The first-order chi connectivity index (χ1) is 12.2. The van der Waals surface area contributed by atoms with Crippen LogP contribution in [0.15, 0.2) is 60.9 Å². The quantitative estimate of drug-likeness (QED) is 0.614. The van der Waals surface area contributed by atoms with Crippen LogP contribution in [0.25, 0.3) is 16.6 Å². The topological polar surface area (TPSA) is 55.6 Å². The summed E-state index contributed by atoms with van der Waals surface area (Å²) in [7, 11) is 0. The highest BCUT2D eigenvalue weighted by molar-refractivity contribution is 5.85. The maximum Gasteiger partial charge on any atom is 0.174 e. The van der Waals surface area contributed by atoms with E-state index in [1.54, 1.807) is 12.4 Å². The van der Waals surface area contributed by atoms with Crippen molar-refractivity contribution in [1.82, 2.24) is 19.7 Å². The molecular weight excluding hydrogens is 310 g/mol. The van der Waals surface area contributed by atoms with Crippen LogP contribution in [0.3, 0.4) is 0 Å². The van der Waals surface area contributed by atoms with Gasteiger partial charge in [-0.3, -0.25) is 4.98 Å². The molecular formula is C20H19N5. The highest BCUT2D eigenvalue weighted by Crippen LogP contribution is 2.19. The Labute approximate surface area is 146 Å². The fourth-order valence-corrected chi connectivity index (χ4v) is 3.04. The summed E-state index contributed by atoms with van der Waals surface area (Å²) in [5, 5.41) is 10.3. The Bertz CT molecular complexity index is 1030. The molecule has 5 nitrogen and oxygen atoms in total. The molecule has 0 aliphatic rings. The second-order valence-electron chi connectivity index (χ2n) is 6.09. The minimum atomic E-state index is 0.691. The molecule has 2 heterocycles. The smallest absolute Gasteiger partial charge is 0.174 e. The van der Waals surface area contributed by atoms with E-state index in [9.17, 15) is 0 Å². The van der Waals surface area contributed by atoms with Crippen molar-refractivity contribution < 1.29 is 0 Å². The van der Waals surface area contributed by atoms with Crippen LogP contribution >= 0.6 is 0 Å². The van der Waals surface area contributed by atoms with Crippen LogP contribution in [-0.4, -0.2) is 19.7 Å². The zero-order chi connectivity index (χ0) is 17.2. The van der Waals surface area contributed by atoms with Crippen molar-refractivity contribution in [2.75, 3.05) is 5.32 Å². The number of nitrogens with one attached hydrogen (secondary N) is 1. The van der Waals surface area contributed by atoms with Gasteiger partial charge in [0.15, 0.2) is 5.82 Å². The van der Waals surface area contributed by atoms with Gasteiger partial charge in [0.1, 0.15) is 5.82 Å². The van der Waals surface area contributed by atoms with Gasteiger partial charge >= 0.3 is 0 Å². The predicted molar refractivity (Wildman–Crippen MR) is 99.9 cm³/mol. The Morgan fingerprint density at radius 3 is 2.68 bits per heavy atom. The molecule has 0 saturated heterocycles. The van der Waals surface area contributed by atoms with Gasteiger partial charge in [0.2, 0.25) is 0 Å². The van der Waals surface area contributed by atoms with E-state index in [1.807, 2.05) is 24.6 Å². The van der Waals surface area contributed by atoms with Gasteiger partial charge in [-0.1, -0.05) is 42.5 Å². The average Bonchev–Trinajstić information content (AvgIpc) is 2.98. The Morgan fingerprint density at radius 1 is 1.00 bits per heavy atom. The number of hydrogen-bond donors (Lipinski definition) is 1. The Morgan fingerprint density at radius 2 is 1.84 bits per heavy atom. The van der Waals surface area contributed by atoms with Gasteiger partial charge in [-0.15, -0.1) is 0 Å². The highest BCUT2D eigenvalue weighted by Gasteiger charge is 2.07. The average molecular weight is 329 g/mol. The molecule has 0 aliphatic heterocycles. The van der Waals surface area contributed by atoms with Crippen molar-refractivity contribution in [2.45, 2.75) is 20.4 Å². The summed E-state index contributed by atoms with van der Waals surface area (Å²) >= 11 is 0. The molecule has 0 amide bonds. The third-order valence-electron chi connectivity index (χ3n) is 4.19. The van der Waals surface area contributed by atoms with E-state index in [2.05, 4.69) is 62.8 Å². The van der Waals surface area contributed by atoms with Gasteiger partial charge < -0.3 is 5.32 Å². The number of aromatic nitrogens is 4. The molecule has 0 bridgehead atoms. The van der Waals surface area contributed by atoms with E-state index < -0.39 is 0 Å². The summed E-state index contributed by atoms with van der Waals surface area (Å²) < 4.78 is 1.81. The van der Waals surface area contributed by atoms with Crippen molar-refractivity contribution in [3.63, 3.8) is 0 Å². The molecule has 2 aromatic heterocycles. The zero-order valence-corrected chi connectivity index (χ0v) is 14.3. The van der Waals surface area contributed by atoms with Gasteiger partial charge in [-0.05, 0) is 36.2 Å². The van der Waals surface area contributed by atoms with Crippen LogP contribution in [0.5, 0.6) is 0 Å². The van der Waals surface area contributed by atoms with Gasteiger partial charge in [0, 0.05) is 12.2 Å². The first-order valence-corrected chi connectivity index (χ1v) is 8.27. The van der Waals surface area contributed by atoms with E-state index in [0.717, 1.165) is 17.2 Å². The largest absolute Gasteiger partial charge is 0.365 e. The SMILES string of the molecule is Cc1cc(C)n(-c2cncc(NCc3cccc4ccccc34)n2)n1. The molecule has 0 unspecified atom stereocenters. The van der Waals surface area contributed by atoms with Crippen LogP contribution in [0.4, 0.5) is 5.82 Å². The van der Waals surface area contributed by atoms with Crippen molar-refractivity contribution >= 4 is 16.6 Å². The monoisotopic (exact) mass is 329 g/mol. The minimum Gasteiger partial charge on any atom is -0.365 e. The van der Waals surface area contributed by atoms with Gasteiger partial charge in [0.25, 0.3) is 0 Å². The Balaban J connectivity index is 1.59. The number of rotatable bonds is 4. The maximum atomic E-state index is 4.64. The molecule has 2 aromatic carbocycles. The molecule has 124 valence electrons. The first kappa shape index (κ1) is 15.3. The molecule has 0 saturated carbocycles. The molecule has 5 heteroatoms. The van der Waals surface area contributed by atoms with Crippen LogP contribution in [0.2, 0.25) is 0 Å². The number of hydrogen-bond acceptors (Lipinski definition) is 4. The molecule has 4 rings (SSSR count). The highest BCUT2D eigenvalue weighted by atomic mass is 15.3. The lowest BCUT2D eigenvalue weighted by molar-refractivity contribution is 0.799. The predicted octanol–water partition coefficient (Wildman–Crippen LogP) is 4.04. The fourth-order valence-electron chi connectivity index (χ4n) is 3.04. The standard InChI is InChI=1S/C20H19N5/c1-14-10-15(2)25(24-14)20-13-21-12-19(23-20)22-11-17-8-5-7-16-6-3-4-9-18(16)17/h3-10,12-13H,11H2,1-2H3,(H,22,23). The van der Waals surface area contributed by atoms with Crippen LogP contribution < -0.4 is 5.32 Å². The van der Waals surface area contributed by atoms with Crippen molar-refractivity contribution in [1.29, 1.82) is 0 Å². The summed E-state index contributed by atoms with van der Waals surface area (Å²) in [4.78, 5) is 8.94. The Hall–Kier alpha value is -3.21. The lowest BCUT2D eigenvalue weighted by Gasteiger charge is -2.10. The summed E-state index contributed by atoms with van der Waals surface area (Å²) in [5.74, 6) is 1.45. The van der Waals surface area contributed by atoms with Crippen molar-refractivity contribution in [3.05, 3.63) is 77.9 Å². The van der Waals surface area contributed by atoms with E-state index in [-0.39, 0.29) is 0 Å². The molecule has 4 aromatic rings. The molecule has 0 fully saturated rings. The van der Waals surface area contributed by atoms with Crippen LogP contribution in [-0.2, 0) is 6.54 Å². The normalized spacial score (nSPS) is 11.0. The third-order valence-corrected chi connectivity index (χ3v) is 4.19. The third kappa shape index (κ3) is 3.08. The van der Waals surface area contributed by atoms with Crippen LogP contribution in [0, 0.1) is 13.8 Å². The first-order valence-electron chi connectivity index (χ1n) is 8.27. The van der Waals surface area contributed by atoms with E-state index in [0.29, 0.717) is 12.4 Å². The minimum absolute atomic E-state index is 0.691. The molecule has 0 aliphatic carbocycles. The second kappa shape index (κ2) is 6.36. The van der Waals surface area contributed by atoms with Gasteiger partial charge in [-0.25, -0.2) is 9.67 Å². The number of fused-ring (bicyclic) bond motifs is 1. The number of benzene rings is 2. The summed E-state index contributed by atoms with van der Waals surface area (Å²) in [6.45, 7) is 4.67. The van der Waals surface area contributed by atoms with E-state index in [1.165, 1.54) is 16.3 Å². The van der Waals surface area contributed by atoms with Crippen molar-refractivity contribution in [3.8, 4) is 5.82 Å². The summed E-state index contributed by atoms with van der Waals surface area (Å²) in [6, 6.07) is 16.8.